The van der Waals surface area contributed by atoms with Crippen LogP contribution in [0.3, 0.4) is 0 Å². The summed E-state index contributed by atoms with van der Waals surface area (Å²) in [6, 6.07) is 11.6. The Balaban J connectivity index is 0.000000167. The minimum atomic E-state index is -4.69. The zero-order chi connectivity index (χ0) is 24.3. The van der Waals surface area contributed by atoms with Gasteiger partial charge in [0.1, 0.15) is 11.4 Å². The summed E-state index contributed by atoms with van der Waals surface area (Å²) in [5.74, 6) is 0.0485. The molecule has 35 heavy (non-hydrogen) atoms. The summed E-state index contributed by atoms with van der Waals surface area (Å²) < 4.78 is 32.7. The number of aromatic nitrogens is 2. The van der Waals surface area contributed by atoms with E-state index >= 15 is 0 Å². The number of nitrogens with zero attached hydrogens (tertiary/aromatic N) is 5. The summed E-state index contributed by atoms with van der Waals surface area (Å²) >= 11 is 0. The van der Waals surface area contributed by atoms with E-state index in [9.17, 15) is 9.59 Å². The van der Waals surface area contributed by atoms with Crippen molar-refractivity contribution in [1.29, 1.82) is 0 Å². The quantitative estimate of drug-likeness (QED) is 0.312. The van der Waals surface area contributed by atoms with Crippen LogP contribution >= 0.6 is 0 Å². The van der Waals surface area contributed by atoms with Crippen LogP contribution in [-0.4, -0.2) is 80.2 Å². The van der Waals surface area contributed by atoms with Gasteiger partial charge < -0.3 is 14.7 Å². The summed E-state index contributed by atoms with van der Waals surface area (Å²) in [5, 5.41) is 0. The summed E-state index contributed by atoms with van der Waals surface area (Å²) in [4.78, 5) is 38.8. The maximum atomic E-state index is 12.4. The van der Waals surface area contributed by atoms with Crippen molar-refractivity contribution in [2.45, 2.75) is 0 Å². The number of carbonyl (C=O) groups is 2. The van der Waals surface area contributed by atoms with Crippen molar-refractivity contribution < 1.29 is 55.2 Å². The van der Waals surface area contributed by atoms with Gasteiger partial charge in [0, 0.05) is 74.5 Å². The van der Waals surface area contributed by atoms with Crippen LogP contribution in [0.1, 0.15) is 0 Å². The van der Waals surface area contributed by atoms with Gasteiger partial charge in [-0.3, -0.25) is 19.6 Å². The van der Waals surface area contributed by atoms with E-state index in [1.807, 2.05) is 51.1 Å². The van der Waals surface area contributed by atoms with Gasteiger partial charge in [-0.05, 0) is 24.3 Å². The van der Waals surface area contributed by atoms with E-state index in [4.69, 9.17) is 18.6 Å². The van der Waals surface area contributed by atoms with E-state index in [1.165, 1.54) is 6.08 Å². The van der Waals surface area contributed by atoms with Gasteiger partial charge >= 0.3 is 0 Å². The molecule has 0 spiro atoms. The minimum Gasteiger partial charge on any atom is -0.365 e. The van der Waals surface area contributed by atoms with Gasteiger partial charge in [-0.2, -0.15) is 14.0 Å². The zero-order valence-corrected chi connectivity index (χ0v) is 20.2. The molecule has 2 aromatic heterocycles. The average molecular weight is 547 g/mol. The number of halogens is 1. The van der Waals surface area contributed by atoms with E-state index in [1.54, 1.807) is 12.4 Å². The minimum absolute atomic E-state index is 0. The number of allylic oxidation sites excluding steroid dienone is 1. The van der Waals surface area contributed by atoms with Gasteiger partial charge in [-0.25, -0.2) is 0 Å². The van der Waals surface area contributed by atoms with Crippen LogP contribution in [0.25, 0.3) is 11.4 Å². The first-order chi connectivity index (χ1) is 16.2. The first-order valence-corrected chi connectivity index (χ1v) is 11.7. The largest absolute Gasteiger partial charge is 0.365 e. The number of Topliss-reactive ketones (excluding diaryl/α,β-unsaturated/α-hetero) is 1. The molecular formula is C22H22ClCoN5O6. The van der Waals surface area contributed by atoms with Gasteiger partial charge in [0.15, 0.2) is 0 Å². The molecule has 0 aromatic carbocycles. The molecule has 0 saturated carbocycles. The molecule has 0 atom stereocenters. The number of carbonyl (C=O) groups excluding carboxylic acids is 2. The van der Waals surface area contributed by atoms with Crippen LogP contribution in [0.15, 0.2) is 72.0 Å². The molecule has 1 N–H and O–H groups in total. The molecule has 4 aliphatic rings. The number of rotatable bonds is 4. The van der Waals surface area contributed by atoms with Gasteiger partial charge in [0.2, 0.25) is 11.6 Å². The van der Waals surface area contributed by atoms with Crippen molar-refractivity contribution in [2.24, 2.45) is 0 Å². The van der Waals surface area contributed by atoms with Crippen molar-refractivity contribution in [1.82, 2.24) is 24.7 Å². The van der Waals surface area contributed by atoms with Crippen LogP contribution in [0.5, 0.6) is 0 Å². The second-order valence-corrected chi connectivity index (χ2v) is 8.50. The van der Waals surface area contributed by atoms with E-state index in [0.717, 1.165) is 50.7 Å². The molecule has 3 aliphatic heterocycles. The Bertz CT molecular complexity index is 1070. The fourth-order valence-electron chi connectivity index (χ4n) is 3.30. The number of hydrogen-bond acceptors (Lipinski definition) is 11. The second kappa shape index (κ2) is 11.3. The van der Waals surface area contributed by atoms with Gasteiger partial charge in [-0.1, -0.05) is 12.1 Å². The number of pyridine rings is 2. The standard InChI is InChI=1S/C12H13N3O2.C10H8N2.ClHO4.Co/c16-9-7-8(13-1-2-13)12(17)11(15-5-6-15)10(9)14-3-4-14;1-3-7-11-9(5-1)10-6-2-4-8-12-10;2-1(3,4)5;/h7H,1-6H2;1-8H;(H,2,3,4,5);. The third-order valence-electron chi connectivity index (χ3n) is 5.08. The monoisotopic (exact) mass is 546 g/mol. The van der Waals surface area contributed by atoms with Crippen molar-refractivity contribution in [3.05, 3.63) is 72.0 Å². The Labute approximate surface area is 213 Å². The van der Waals surface area contributed by atoms with E-state index < -0.39 is 10.2 Å². The van der Waals surface area contributed by atoms with Crippen LogP contribution in [-0.2, 0) is 26.4 Å². The van der Waals surface area contributed by atoms with Crippen LogP contribution in [0.4, 0.5) is 0 Å². The maximum Gasteiger partial charge on any atom is 0.227 e. The Kier molecular flexibility index (Phi) is 8.61. The third-order valence-corrected chi connectivity index (χ3v) is 5.08. The van der Waals surface area contributed by atoms with Crippen molar-refractivity contribution in [2.75, 3.05) is 39.3 Å². The van der Waals surface area contributed by atoms with Gasteiger partial charge in [0.25, 0.3) is 0 Å². The SMILES string of the molecule is O=C1C=C(N2CC2)C(=O)C(N2CC2)=C1N1CC1.[Co].[O-][Cl+3]([O-])([O-])O.c1ccc(-c2ccccn2)nc1. The molecule has 0 amide bonds. The molecule has 3 saturated heterocycles. The average Bonchev–Trinajstić information content (AvgIpc) is 3.62. The van der Waals surface area contributed by atoms with Crippen molar-refractivity contribution in [3.63, 3.8) is 0 Å². The number of ketones is 2. The summed E-state index contributed by atoms with van der Waals surface area (Å²) in [6.07, 6.45) is 5.06. The molecule has 1 radical (unpaired) electrons. The Morgan fingerprint density at radius 2 is 1.17 bits per heavy atom. The first-order valence-electron chi connectivity index (χ1n) is 10.5. The molecule has 187 valence electrons. The van der Waals surface area contributed by atoms with Gasteiger partial charge in [-0.15, -0.1) is 0 Å². The molecule has 0 unspecified atom stereocenters. The van der Waals surface area contributed by atoms with E-state index in [2.05, 4.69) is 9.97 Å². The Hall–Kier alpha value is -2.84. The topological polar surface area (TPSA) is 158 Å². The summed E-state index contributed by atoms with van der Waals surface area (Å²) in [6.45, 7) is 5.41. The van der Waals surface area contributed by atoms with Crippen LogP contribution < -0.4 is 14.0 Å². The summed E-state index contributed by atoms with van der Waals surface area (Å²) in [7, 11) is -4.69. The van der Waals surface area contributed by atoms with Gasteiger partial charge in [0.05, 0.1) is 32.0 Å². The maximum absolute atomic E-state index is 12.4. The molecular weight excluding hydrogens is 525 g/mol. The molecule has 0 bridgehead atoms. The molecule has 11 nitrogen and oxygen atoms in total. The Morgan fingerprint density at radius 1 is 0.743 bits per heavy atom. The third kappa shape index (κ3) is 7.83. The zero-order valence-electron chi connectivity index (χ0n) is 18.4. The number of hydrogen-bond donors (Lipinski definition) is 1. The van der Waals surface area contributed by atoms with Crippen LogP contribution in [0.2, 0.25) is 0 Å². The molecule has 2 aromatic rings. The Morgan fingerprint density at radius 3 is 1.54 bits per heavy atom. The normalized spacial score (nSPS) is 17.9. The van der Waals surface area contributed by atoms with Crippen molar-refractivity contribution >= 4 is 11.6 Å². The van der Waals surface area contributed by atoms with E-state index in [-0.39, 0.29) is 28.3 Å². The molecule has 3 fully saturated rings. The predicted molar refractivity (Wildman–Crippen MR) is 110 cm³/mol. The van der Waals surface area contributed by atoms with Crippen LogP contribution in [0, 0.1) is 10.2 Å². The fourth-order valence-corrected chi connectivity index (χ4v) is 3.30. The first kappa shape index (κ1) is 26.8. The fraction of sp³-hybridized carbons (Fsp3) is 0.273. The smallest absolute Gasteiger partial charge is 0.227 e. The second-order valence-electron chi connectivity index (χ2n) is 7.71. The van der Waals surface area contributed by atoms with E-state index in [0.29, 0.717) is 17.1 Å². The molecule has 1 aliphatic carbocycles. The van der Waals surface area contributed by atoms with Crippen molar-refractivity contribution in [3.8, 4) is 11.4 Å². The molecule has 13 heteroatoms. The predicted octanol–water partition coefficient (Wildman–Crippen LogP) is -2.80. The summed E-state index contributed by atoms with van der Waals surface area (Å²) in [5.41, 5.74) is 3.72. The molecule has 6 rings (SSSR count). The molecule has 5 heterocycles.